The van der Waals surface area contributed by atoms with Crippen LogP contribution in [0.2, 0.25) is 0 Å². The van der Waals surface area contributed by atoms with Crippen molar-refractivity contribution in [1.82, 2.24) is 10.1 Å². The van der Waals surface area contributed by atoms with E-state index in [2.05, 4.69) is 28.3 Å². The zero-order valence-corrected chi connectivity index (χ0v) is 10.0. The van der Waals surface area contributed by atoms with Crippen LogP contribution in [0.3, 0.4) is 0 Å². The van der Waals surface area contributed by atoms with Crippen LogP contribution in [0.25, 0.3) is 11.4 Å². The molecule has 0 radical (unpaired) electrons. The first-order valence-corrected chi connectivity index (χ1v) is 6.14. The molecule has 5 heteroatoms. The van der Waals surface area contributed by atoms with E-state index < -0.39 is 0 Å². The molecular formula is C11H13N3OS. The van der Waals surface area contributed by atoms with Gasteiger partial charge >= 0.3 is 0 Å². The zero-order valence-electron chi connectivity index (χ0n) is 9.23. The molecule has 16 heavy (non-hydrogen) atoms. The Labute approximate surface area is 98.2 Å². The van der Waals surface area contributed by atoms with E-state index in [1.54, 1.807) is 11.8 Å². The van der Waals surface area contributed by atoms with Crippen molar-refractivity contribution >= 4 is 11.8 Å². The maximum absolute atomic E-state index is 5.43. The van der Waals surface area contributed by atoms with Crippen LogP contribution in [0, 0.1) is 6.92 Å². The standard InChI is InChI=1S/C11H13N3OS/c1-7-3-4-8(16-2)5-9(7)11-13-10(6-12)15-14-11/h3-5H,6,12H2,1-2H3. The van der Waals surface area contributed by atoms with E-state index >= 15 is 0 Å². The average Bonchev–Trinajstić information content (AvgIpc) is 2.78. The molecule has 0 amide bonds. The molecule has 0 fully saturated rings. The number of thioether (sulfide) groups is 1. The molecule has 0 aliphatic rings. The Bertz CT molecular complexity index is 496. The molecule has 0 aliphatic heterocycles. The summed E-state index contributed by atoms with van der Waals surface area (Å²) in [5.74, 6) is 1.07. The van der Waals surface area contributed by atoms with Crippen molar-refractivity contribution in [2.45, 2.75) is 18.4 Å². The molecular weight excluding hydrogens is 222 g/mol. The van der Waals surface area contributed by atoms with Crippen molar-refractivity contribution in [1.29, 1.82) is 0 Å². The van der Waals surface area contributed by atoms with Crippen molar-refractivity contribution < 1.29 is 4.52 Å². The van der Waals surface area contributed by atoms with Gasteiger partial charge in [-0.1, -0.05) is 11.2 Å². The van der Waals surface area contributed by atoms with Crippen molar-refractivity contribution in [2.24, 2.45) is 5.73 Å². The molecule has 1 aromatic carbocycles. The number of benzene rings is 1. The summed E-state index contributed by atoms with van der Waals surface area (Å²) in [5, 5.41) is 3.92. The smallest absolute Gasteiger partial charge is 0.240 e. The topological polar surface area (TPSA) is 64.9 Å². The van der Waals surface area contributed by atoms with Crippen LogP contribution < -0.4 is 5.73 Å². The van der Waals surface area contributed by atoms with Crippen LogP contribution in [0.1, 0.15) is 11.5 Å². The third-order valence-electron chi connectivity index (χ3n) is 2.33. The maximum atomic E-state index is 5.43. The van der Waals surface area contributed by atoms with Crippen LogP contribution in [0.4, 0.5) is 0 Å². The van der Waals surface area contributed by atoms with Gasteiger partial charge in [0.2, 0.25) is 11.7 Å². The predicted molar refractivity (Wildman–Crippen MR) is 64.1 cm³/mol. The minimum atomic E-state index is 0.272. The molecule has 0 saturated carbocycles. The van der Waals surface area contributed by atoms with Crippen molar-refractivity contribution in [3.63, 3.8) is 0 Å². The highest BCUT2D eigenvalue weighted by molar-refractivity contribution is 7.98. The van der Waals surface area contributed by atoms with Gasteiger partial charge in [-0.2, -0.15) is 4.98 Å². The van der Waals surface area contributed by atoms with Gasteiger partial charge < -0.3 is 10.3 Å². The number of aryl methyl sites for hydroxylation is 1. The zero-order chi connectivity index (χ0) is 11.5. The van der Waals surface area contributed by atoms with E-state index in [4.69, 9.17) is 10.3 Å². The minimum Gasteiger partial charge on any atom is -0.338 e. The monoisotopic (exact) mass is 235 g/mol. The largest absolute Gasteiger partial charge is 0.338 e. The number of nitrogens with zero attached hydrogens (tertiary/aromatic N) is 2. The first kappa shape index (κ1) is 11.2. The van der Waals surface area contributed by atoms with Gasteiger partial charge in [-0.25, -0.2) is 0 Å². The van der Waals surface area contributed by atoms with Gasteiger partial charge in [0.05, 0.1) is 6.54 Å². The molecule has 0 aliphatic carbocycles. The van der Waals surface area contributed by atoms with E-state index in [0.29, 0.717) is 11.7 Å². The summed E-state index contributed by atoms with van der Waals surface area (Å²) in [7, 11) is 0. The maximum Gasteiger partial charge on any atom is 0.240 e. The molecule has 1 aromatic heterocycles. The molecule has 0 saturated heterocycles. The summed E-state index contributed by atoms with van der Waals surface area (Å²) in [6.07, 6.45) is 2.04. The lowest BCUT2D eigenvalue weighted by molar-refractivity contribution is 0.380. The predicted octanol–water partition coefficient (Wildman–Crippen LogP) is 2.23. The summed E-state index contributed by atoms with van der Waals surface area (Å²) in [6, 6.07) is 6.19. The van der Waals surface area contributed by atoms with Crippen LogP contribution in [-0.2, 0) is 6.54 Å². The molecule has 2 aromatic rings. The van der Waals surface area contributed by atoms with Gasteiger partial charge in [-0.3, -0.25) is 0 Å². The van der Waals surface area contributed by atoms with E-state index in [1.807, 2.05) is 13.2 Å². The molecule has 0 bridgehead atoms. The molecule has 2 rings (SSSR count). The Morgan fingerprint density at radius 1 is 1.44 bits per heavy atom. The Balaban J connectivity index is 2.45. The van der Waals surface area contributed by atoms with Gasteiger partial charge in [-0.05, 0) is 30.9 Å². The molecule has 4 nitrogen and oxygen atoms in total. The van der Waals surface area contributed by atoms with E-state index in [1.165, 1.54) is 4.90 Å². The molecule has 84 valence electrons. The van der Waals surface area contributed by atoms with Crippen molar-refractivity contribution in [3.05, 3.63) is 29.7 Å². The van der Waals surface area contributed by atoms with Crippen LogP contribution >= 0.6 is 11.8 Å². The highest BCUT2D eigenvalue weighted by atomic mass is 32.2. The second kappa shape index (κ2) is 4.67. The van der Waals surface area contributed by atoms with Gasteiger partial charge in [0.15, 0.2) is 0 Å². The number of aromatic nitrogens is 2. The third kappa shape index (κ3) is 2.10. The van der Waals surface area contributed by atoms with Gasteiger partial charge in [0, 0.05) is 10.5 Å². The van der Waals surface area contributed by atoms with Gasteiger partial charge in [-0.15, -0.1) is 11.8 Å². The molecule has 0 unspecified atom stereocenters. The normalized spacial score (nSPS) is 10.7. The van der Waals surface area contributed by atoms with Crippen LogP contribution in [0.15, 0.2) is 27.6 Å². The Kier molecular flexibility index (Phi) is 3.26. The SMILES string of the molecule is CSc1ccc(C)c(-c2noc(CN)n2)c1. The summed E-state index contributed by atoms with van der Waals surface area (Å²) >= 11 is 1.69. The minimum absolute atomic E-state index is 0.272. The average molecular weight is 235 g/mol. The van der Waals surface area contributed by atoms with Crippen molar-refractivity contribution in [2.75, 3.05) is 6.26 Å². The number of nitrogens with two attached hydrogens (primary N) is 1. The lowest BCUT2D eigenvalue weighted by Crippen LogP contribution is -1.95. The quantitative estimate of drug-likeness (QED) is 0.826. The number of hydrogen-bond acceptors (Lipinski definition) is 5. The van der Waals surface area contributed by atoms with Gasteiger partial charge in [0.1, 0.15) is 0 Å². The second-order valence-electron chi connectivity index (χ2n) is 3.40. The van der Waals surface area contributed by atoms with Gasteiger partial charge in [0.25, 0.3) is 0 Å². The molecule has 2 N–H and O–H groups in total. The summed E-state index contributed by atoms with van der Waals surface area (Å²) in [5.41, 5.74) is 7.56. The fraction of sp³-hybridized carbons (Fsp3) is 0.273. The van der Waals surface area contributed by atoms with Crippen LogP contribution in [-0.4, -0.2) is 16.4 Å². The first-order chi connectivity index (χ1) is 7.74. The third-order valence-corrected chi connectivity index (χ3v) is 3.05. The van der Waals surface area contributed by atoms with E-state index in [-0.39, 0.29) is 6.54 Å². The summed E-state index contributed by atoms with van der Waals surface area (Å²) in [4.78, 5) is 5.40. The van der Waals surface area contributed by atoms with Crippen LogP contribution in [0.5, 0.6) is 0 Å². The first-order valence-electron chi connectivity index (χ1n) is 4.92. The fourth-order valence-corrected chi connectivity index (χ4v) is 1.86. The second-order valence-corrected chi connectivity index (χ2v) is 4.28. The van der Waals surface area contributed by atoms with Crippen molar-refractivity contribution in [3.8, 4) is 11.4 Å². The lowest BCUT2D eigenvalue weighted by Gasteiger charge is -2.03. The number of hydrogen-bond donors (Lipinski definition) is 1. The van der Waals surface area contributed by atoms with E-state index in [9.17, 15) is 0 Å². The Hall–Kier alpha value is -1.33. The van der Waals surface area contributed by atoms with E-state index in [0.717, 1.165) is 11.1 Å². The highest BCUT2D eigenvalue weighted by Gasteiger charge is 2.10. The molecule has 0 atom stereocenters. The fourth-order valence-electron chi connectivity index (χ4n) is 1.42. The molecule has 1 heterocycles. The number of rotatable bonds is 3. The Morgan fingerprint density at radius 3 is 2.88 bits per heavy atom. The summed E-state index contributed by atoms with van der Waals surface area (Å²) < 4.78 is 5.00. The highest BCUT2D eigenvalue weighted by Crippen LogP contribution is 2.25. The molecule has 0 spiro atoms. The lowest BCUT2D eigenvalue weighted by atomic mass is 10.1. The Morgan fingerprint density at radius 2 is 2.25 bits per heavy atom. The summed E-state index contributed by atoms with van der Waals surface area (Å²) in [6.45, 7) is 2.30.